The van der Waals surface area contributed by atoms with Crippen LogP contribution < -0.4 is 0 Å². The summed E-state index contributed by atoms with van der Waals surface area (Å²) in [5, 5.41) is 13.3. The highest BCUT2D eigenvalue weighted by molar-refractivity contribution is 5.03. The average molecular weight is 138 g/mol. The van der Waals surface area contributed by atoms with Crippen molar-refractivity contribution in [2.75, 3.05) is 0 Å². The average Bonchev–Trinajstić information content (AvgIpc) is 2.33. The molecule has 0 bridgehead atoms. The molecule has 10 heavy (non-hydrogen) atoms. The van der Waals surface area contributed by atoms with Gasteiger partial charge in [0.05, 0.1) is 12.6 Å². The van der Waals surface area contributed by atoms with E-state index in [4.69, 9.17) is 0 Å². The van der Waals surface area contributed by atoms with E-state index in [9.17, 15) is 5.11 Å². The number of fused-ring (bicyclic) bond motifs is 1. The molecule has 0 radical (unpaired) electrons. The largest absolute Gasteiger partial charge is 0.391 e. The molecule has 1 aromatic rings. The molecular weight excluding hydrogens is 128 g/mol. The summed E-state index contributed by atoms with van der Waals surface area (Å²) in [5.74, 6) is 0. The summed E-state index contributed by atoms with van der Waals surface area (Å²) >= 11 is 0. The number of aliphatic hydroxyl groups excluding tert-OH is 1. The number of aliphatic hydroxyl groups is 1. The summed E-state index contributed by atoms with van der Waals surface area (Å²) in [6, 6.07) is 2.01. The molecule has 2 rings (SSSR count). The molecule has 54 valence electrons. The molecule has 0 saturated carbocycles. The van der Waals surface area contributed by atoms with Gasteiger partial charge in [0.25, 0.3) is 0 Å². The van der Waals surface area contributed by atoms with E-state index in [1.54, 1.807) is 6.20 Å². The number of rotatable bonds is 0. The first-order chi connectivity index (χ1) is 4.86. The predicted octanol–water partition coefficient (Wildman–Crippen LogP) is 0.190. The molecule has 1 atom stereocenters. The van der Waals surface area contributed by atoms with E-state index in [1.807, 2.05) is 10.7 Å². The number of nitrogens with zero attached hydrogens (tertiary/aromatic N) is 2. The van der Waals surface area contributed by atoms with Gasteiger partial charge in [0, 0.05) is 11.9 Å². The van der Waals surface area contributed by atoms with Gasteiger partial charge < -0.3 is 5.11 Å². The molecule has 1 aliphatic rings. The van der Waals surface area contributed by atoms with Crippen LogP contribution in [0.3, 0.4) is 0 Å². The molecular formula is C7H10N2O. The van der Waals surface area contributed by atoms with E-state index in [-0.39, 0.29) is 6.10 Å². The number of aryl methyl sites for hydroxylation is 1. The summed E-state index contributed by atoms with van der Waals surface area (Å²) in [7, 11) is 0. The quantitative estimate of drug-likeness (QED) is 0.555. The van der Waals surface area contributed by atoms with Crippen LogP contribution in [0, 0.1) is 0 Å². The lowest BCUT2D eigenvalue weighted by Gasteiger charge is -2.18. The Kier molecular flexibility index (Phi) is 1.24. The number of aromatic nitrogens is 2. The van der Waals surface area contributed by atoms with Crippen LogP contribution in [0.1, 0.15) is 12.1 Å². The molecule has 1 unspecified atom stereocenters. The lowest BCUT2D eigenvalue weighted by Crippen LogP contribution is -2.24. The van der Waals surface area contributed by atoms with Crippen LogP contribution in [0.5, 0.6) is 0 Å². The molecule has 3 heteroatoms. The van der Waals surface area contributed by atoms with Gasteiger partial charge in [0.1, 0.15) is 0 Å². The highest BCUT2D eigenvalue weighted by atomic mass is 16.3. The molecule has 3 nitrogen and oxygen atoms in total. The van der Waals surface area contributed by atoms with Gasteiger partial charge in [-0.05, 0) is 18.9 Å². The normalized spacial score (nSPS) is 24.3. The summed E-state index contributed by atoms with van der Waals surface area (Å²) in [6.45, 7) is 0.669. The fourth-order valence-corrected chi connectivity index (χ4v) is 1.34. The molecule has 1 aromatic heterocycles. The van der Waals surface area contributed by atoms with Crippen LogP contribution in [0.15, 0.2) is 12.3 Å². The fraction of sp³-hybridized carbons (Fsp3) is 0.571. The minimum atomic E-state index is -0.188. The Morgan fingerprint density at radius 1 is 1.70 bits per heavy atom. The zero-order chi connectivity index (χ0) is 6.97. The van der Waals surface area contributed by atoms with Gasteiger partial charge >= 0.3 is 0 Å². The first-order valence-corrected chi connectivity index (χ1v) is 3.55. The maximum Gasteiger partial charge on any atom is 0.0739 e. The van der Waals surface area contributed by atoms with Crippen molar-refractivity contribution in [1.82, 2.24) is 9.78 Å². The van der Waals surface area contributed by atoms with Crippen LogP contribution in [-0.2, 0) is 13.0 Å². The van der Waals surface area contributed by atoms with Crippen molar-refractivity contribution in [3.63, 3.8) is 0 Å². The van der Waals surface area contributed by atoms with Crippen LogP contribution in [-0.4, -0.2) is 21.0 Å². The van der Waals surface area contributed by atoms with E-state index in [0.717, 1.165) is 12.8 Å². The first-order valence-electron chi connectivity index (χ1n) is 3.55. The Hall–Kier alpha value is -0.830. The molecule has 0 amide bonds. The van der Waals surface area contributed by atoms with E-state index in [0.29, 0.717) is 6.54 Å². The Morgan fingerprint density at radius 2 is 2.60 bits per heavy atom. The van der Waals surface area contributed by atoms with Crippen LogP contribution in [0.25, 0.3) is 0 Å². The lowest BCUT2D eigenvalue weighted by molar-refractivity contribution is 0.125. The maximum atomic E-state index is 9.21. The van der Waals surface area contributed by atoms with Gasteiger partial charge in [0.2, 0.25) is 0 Å². The van der Waals surface area contributed by atoms with Crippen molar-refractivity contribution in [3.05, 3.63) is 18.0 Å². The standard InChI is InChI=1S/C7H10N2O/c10-7-2-1-6-3-4-8-9(6)5-7/h3-4,7,10H,1-2,5H2. The number of hydrogen-bond donors (Lipinski definition) is 1. The van der Waals surface area contributed by atoms with Gasteiger partial charge in [-0.25, -0.2) is 0 Å². The minimum absolute atomic E-state index is 0.188. The smallest absolute Gasteiger partial charge is 0.0739 e. The van der Waals surface area contributed by atoms with Crippen LogP contribution in [0.4, 0.5) is 0 Å². The highest BCUT2D eigenvalue weighted by Crippen LogP contribution is 2.12. The molecule has 0 spiro atoms. The van der Waals surface area contributed by atoms with Crippen molar-refractivity contribution < 1.29 is 5.11 Å². The van der Waals surface area contributed by atoms with Gasteiger partial charge in [-0.1, -0.05) is 0 Å². The maximum absolute atomic E-state index is 9.21. The van der Waals surface area contributed by atoms with Gasteiger partial charge in [0.15, 0.2) is 0 Å². The second kappa shape index (κ2) is 2.09. The zero-order valence-corrected chi connectivity index (χ0v) is 5.70. The van der Waals surface area contributed by atoms with E-state index < -0.39 is 0 Å². The third kappa shape index (κ3) is 0.827. The van der Waals surface area contributed by atoms with Gasteiger partial charge in [-0.15, -0.1) is 0 Å². The van der Waals surface area contributed by atoms with E-state index >= 15 is 0 Å². The third-order valence-corrected chi connectivity index (χ3v) is 1.92. The molecule has 0 aromatic carbocycles. The Bertz CT molecular complexity index is 231. The fourth-order valence-electron chi connectivity index (χ4n) is 1.34. The third-order valence-electron chi connectivity index (χ3n) is 1.92. The van der Waals surface area contributed by atoms with Crippen molar-refractivity contribution in [3.8, 4) is 0 Å². The Labute approximate surface area is 59.3 Å². The summed E-state index contributed by atoms with van der Waals surface area (Å²) in [6.07, 6.45) is 3.44. The van der Waals surface area contributed by atoms with Crippen LogP contribution >= 0.6 is 0 Å². The monoisotopic (exact) mass is 138 g/mol. The summed E-state index contributed by atoms with van der Waals surface area (Å²) in [5.41, 5.74) is 1.24. The SMILES string of the molecule is OC1CCc2ccnn2C1. The Balaban J connectivity index is 2.30. The van der Waals surface area contributed by atoms with Gasteiger partial charge in [-0.3, -0.25) is 4.68 Å². The molecule has 1 aliphatic heterocycles. The first kappa shape index (κ1) is 5.92. The highest BCUT2D eigenvalue weighted by Gasteiger charge is 2.15. The van der Waals surface area contributed by atoms with Crippen molar-refractivity contribution in [1.29, 1.82) is 0 Å². The lowest BCUT2D eigenvalue weighted by atomic mass is 10.1. The summed E-state index contributed by atoms with van der Waals surface area (Å²) < 4.78 is 1.87. The second-order valence-electron chi connectivity index (χ2n) is 2.70. The number of hydrogen-bond acceptors (Lipinski definition) is 2. The van der Waals surface area contributed by atoms with Crippen molar-refractivity contribution in [2.45, 2.75) is 25.5 Å². The van der Waals surface area contributed by atoms with Crippen molar-refractivity contribution in [2.24, 2.45) is 0 Å². The molecule has 0 fully saturated rings. The Morgan fingerprint density at radius 3 is 3.50 bits per heavy atom. The van der Waals surface area contributed by atoms with E-state index in [1.165, 1.54) is 5.69 Å². The topological polar surface area (TPSA) is 38.1 Å². The van der Waals surface area contributed by atoms with Gasteiger partial charge in [-0.2, -0.15) is 5.10 Å². The molecule has 0 saturated heterocycles. The molecule has 2 heterocycles. The predicted molar refractivity (Wildman–Crippen MR) is 36.6 cm³/mol. The van der Waals surface area contributed by atoms with Crippen LogP contribution in [0.2, 0.25) is 0 Å². The summed E-state index contributed by atoms with van der Waals surface area (Å²) in [4.78, 5) is 0. The molecule has 1 N–H and O–H groups in total. The molecule has 0 aliphatic carbocycles. The van der Waals surface area contributed by atoms with Crippen molar-refractivity contribution >= 4 is 0 Å². The zero-order valence-electron chi connectivity index (χ0n) is 5.70. The van der Waals surface area contributed by atoms with E-state index in [2.05, 4.69) is 5.10 Å². The second-order valence-corrected chi connectivity index (χ2v) is 2.70. The minimum Gasteiger partial charge on any atom is -0.391 e.